The summed E-state index contributed by atoms with van der Waals surface area (Å²) in [4.78, 5) is 31.7. The zero-order valence-corrected chi connectivity index (χ0v) is 33.5. The van der Waals surface area contributed by atoms with Crippen LogP contribution >= 0.6 is 0 Å². The van der Waals surface area contributed by atoms with Crippen molar-refractivity contribution in [2.45, 2.75) is 107 Å². The van der Waals surface area contributed by atoms with E-state index in [1.807, 2.05) is 92.3 Å². The SMILES string of the molecule is CN(C)c1cccc2c(S(=O)(=O)CCCCCCCCCCCOc3ccc4c(c3)[N+]([O-])=C3C4=C[C@@]45NC(=O)[C@]6(CCCN6C4=O)CC5C3(C)C)cccc12. The molecule has 1 unspecified atom stereocenters. The third-order valence-electron chi connectivity index (χ3n) is 13.2. The fourth-order valence-corrected chi connectivity index (χ4v) is 12.0. The van der Waals surface area contributed by atoms with Gasteiger partial charge in [-0.3, -0.25) is 9.59 Å². The molecule has 3 atom stereocenters. The third kappa shape index (κ3) is 6.03. The molecule has 0 saturated carbocycles. The Morgan fingerprint density at radius 2 is 1.62 bits per heavy atom. The Bertz CT molecular complexity index is 2230. The first kappa shape index (κ1) is 37.5. The van der Waals surface area contributed by atoms with Crippen LogP contribution in [0.3, 0.4) is 0 Å². The van der Waals surface area contributed by atoms with Crippen molar-refractivity contribution in [2.75, 3.05) is 37.9 Å². The van der Waals surface area contributed by atoms with Crippen LogP contribution in [0.15, 0.2) is 65.6 Å². The van der Waals surface area contributed by atoms with Gasteiger partial charge in [-0.25, -0.2) is 8.42 Å². The lowest BCUT2D eigenvalue weighted by Crippen LogP contribution is -2.83. The van der Waals surface area contributed by atoms with Crippen molar-refractivity contribution in [1.82, 2.24) is 10.2 Å². The summed E-state index contributed by atoms with van der Waals surface area (Å²) in [5.74, 6) is 0.523. The van der Waals surface area contributed by atoms with E-state index >= 15 is 0 Å². The maximum absolute atomic E-state index is 14.0. The molecule has 10 nitrogen and oxygen atoms in total. The Hall–Kier alpha value is -4.38. The van der Waals surface area contributed by atoms with Crippen LogP contribution in [0.5, 0.6) is 5.75 Å². The van der Waals surface area contributed by atoms with Gasteiger partial charge < -0.3 is 25.1 Å². The number of ether oxygens (including phenoxy) is 1. The summed E-state index contributed by atoms with van der Waals surface area (Å²) in [6.07, 6.45) is 13.0. The highest BCUT2D eigenvalue weighted by Gasteiger charge is 2.74. The van der Waals surface area contributed by atoms with Gasteiger partial charge in [0.1, 0.15) is 16.8 Å². The number of carbonyl (C=O) groups is 2. The lowest BCUT2D eigenvalue weighted by atomic mass is 9.51. The molecule has 5 heterocycles. The largest absolute Gasteiger partial charge is 0.618 e. The number of nitrogens with one attached hydrogen (secondary N) is 1. The van der Waals surface area contributed by atoms with E-state index in [9.17, 15) is 23.2 Å². The van der Waals surface area contributed by atoms with Crippen molar-refractivity contribution in [2.24, 2.45) is 11.3 Å². The maximum Gasteiger partial charge on any atom is 0.253 e. The standard InChI is InChI=1S/C44H54N4O6S/c1-42(2)38-29-43-23-16-24-47(43)41(50)44(38,45-40(43)49)28-34-32-22-21-30(27-36(32)48(51)39(34)42)54-25-12-10-8-6-5-7-9-11-13-26-55(52,53)37-20-15-17-31-33(37)18-14-19-35(31)46(3)4/h14-15,17-22,27-28,38H,5-13,16,23-26,29H2,1-4H3,(H,45,49)/t38?,43-,44-/m0/s1. The molecule has 2 bridgehead atoms. The van der Waals surface area contributed by atoms with Crippen LogP contribution < -0.4 is 15.0 Å². The van der Waals surface area contributed by atoms with E-state index < -0.39 is 26.3 Å². The molecule has 5 aliphatic heterocycles. The molecule has 3 aromatic rings. The molecule has 3 aromatic carbocycles. The summed E-state index contributed by atoms with van der Waals surface area (Å²) in [6, 6.07) is 17.0. The van der Waals surface area contributed by atoms with E-state index in [0.29, 0.717) is 54.5 Å². The van der Waals surface area contributed by atoms with Gasteiger partial charge in [-0.2, -0.15) is 4.74 Å². The van der Waals surface area contributed by atoms with E-state index in [1.165, 1.54) is 0 Å². The molecule has 9 rings (SSSR count). The lowest BCUT2D eigenvalue weighted by Gasteiger charge is -2.62. The molecule has 2 amide bonds. The molecule has 4 fully saturated rings. The van der Waals surface area contributed by atoms with Gasteiger partial charge in [0.25, 0.3) is 5.91 Å². The highest BCUT2D eigenvalue weighted by molar-refractivity contribution is 7.91. The number of hydrogen-bond donors (Lipinski definition) is 1. The van der Waals surface area contributed by atoms with Gasteiger partial charge in [0.15, 0.2) is 9.84 Å². The molecule has 6 aliphatic rings. The summed E-state index contributed by atoms with van der Waals surface area (Å²) in [7, 11) is 0.577. The van der Waals surface area contributed by atoms with Crippen LogP contribution in [0.25, 0.3) is 16.3 Å². The van der Waals surface area contributed by atoms with E-state index in [-0.39, 0.29) is 23.5 Å². The number of carbonyl (C=O) groups excluding carboxylic acids is 2. The van der Waals surface area contributed by atoms with Gasteiger partial charge in [0, 0.05) is 43.0 Å². The molecule has 1 N–H and O–H groups in total. The Morgan fingerprint density at radius 3 is 2.36 bits per heavy atom. The average molecular weight is 767 g/mol. The van der Waals surface area contributed by atoms with Crippen molar-refractivity contribution in [3.63, 3.8) is 0 Å². The van der Waals surface area contributed by atoms with Crippen molar-refractivity contribution in [3.05, 3.63) is 71.4 Å². The van der Waals surface area contributed by atoms with E-state index in [0.717, 1.165) is 90.1 Å². The first-order chi connectivity index (χ1) is 26.3. The molecular weight excluding hydrogens is 713 g/mol. The quantitative estimate of drug-likeness (QED) is 0.0964. The van der Waals surface area contributed by atoms with Gasteiger partial charge in [-0.15, -0.1) is 0 Å². The highest BCUT2D eigenvalue weighted by Crippen LogP contribution is 2.60. The summed E-state index contributed by atoms with van der Waals surface area (Å²) < 4.78 is 33.7. The normalized spacial score (nSPS) is 24.7. The third-order valence-corrected chi connectivity index (χ3v) is 15.1. The molecular formula is C44H54N4O6S. The first-order valence-electron chi connectivity index (χ1n) is 20.2. The van der Waals surface area contributed by atoms with Gasteiger partial charge in [0.05, 0.1) is 39.9 Å². The topological polar surface area (TPSA) is 122 Å². The van der Waals surface area contributed by atoms with E-state index in [4.69, 9.17) is 4.74 Å². The number of nitrogens with zero attached hydrogens (tertiary/aromatic N) is 3. The summed E-state index contributed by atoms with van der Waals surface area (Å²) in [5, 5.41) is 18.9. The van der Waals surface area contributed by atoms with E-state index in [2.05, 4.69) is 5.32 Å². The number of hydrogen-bond acceptors (Lipinski definition) is 7. The second-order valence-electron chi connectivity index (χ2n) is 17.1. The number of benzene rings is 3. The predicted molar refractivity (Wildman–Crippen MR) is 217 cm³/mol. The predicted octanol–water partition coefficient (Wildman–Crippen LogP) is 7.54. The van der Waals surface area contributed by atoms with Gasteiger partial charge in [0.2, 0.25) is 17.3 Å². The van der Waals surface area contributed by atoms with Crippen molar-refractivity contribution in [3.8, 4) is 5.75 Å². The van der Waals surface area contributed by atoms with Gasteiger partial charge >= 0.3 is 0 Å². The number of rotatable bonds is 15. The number of unbranched alkanes of at least 4 members (excludes halogenated alkanes) is 8. The molecule has 292 valence electrons. The number of piperazine rings is 1. The fraction of sp³-hybridized carbons (Fsp3) is 0.523. The number of allylic oxidation sites excluding steroid dienone is 1. The van der Waals surface area contributed by atoms with Crippen LogP contribution in [0.2, 0.25) is 0 Å². The number of amides is 2. The van der Waals surface area contributed by atoms with Crippen LogP contribution in [0.1, 0.15) is 96.5 Å². The van der Waals surface area contributed by atoms with E-state index in [1.54, 1.807) is 6.07 Å². The number of piperidine rings is 2. The molecule has 55 heavy (non-hydrogen) atoms. The van der Waals surface area contributed by atoms with Crippen molar-refractivity contribution >= 4 is 55.1 Å². The molecule has 0 radical (unpaired) electrons. The number of anilines is 1. The number of fused-ring (bicyclic) bond motifs is 5. The lowest BCUT2D eigenvalue weighted by molar-refractivity contribution is -0.362. The van der Waals surface area contributed by atoms with Gasteiger partial charge in [-0.05, 0) is 76.3 Å². The minimum absolute atomic E-state index is 0.0356. The second-order valence-corrected chi connectivity index (χ2v) is 19.2. The highest BCUT2D eigenvalue weighted by atomic mass is 32.2. The minimum Gasteiger partial charge on any atom is -0.618 e. The minimum atomic E-state index is -3.36. The molecule has 0 aromatic heterocycles. The average Bonchev–Trinajstić information content (AvgIpc) is 3.72. The molecule has 4 saturated heterocycles. The maximum atomic E-state index is 14.0. The molecule has 2 spiro atoms. The number of sulfone groups is 1. The Balaban J connectivity index is 0.780. The van der Waals surface area contributed by atoms with Crippen LogP contribution in [-0.4, -0.2) is 79.7 Å². The van der Waals surface area contributed by atoms with Crippen LogP contribution in [0, 0.1) is 16.5 Å². The second kappa shape index (κ2) is 14.0. The van der Waals surface area contributed by atoms with Crippen LogP contribution in [0.4, 0.5) is 11.4 Å². The summed E-state index contributed by atoms with van der Waals surface area (Å²) in [5.41, 5.74) is 1.15. The Morgan fingerprint density at radius 1 is 0.927 bits per heavy atom. The van der Waals surface area contributed by atoms with Gasteiger partial charge in [-0.1, -0.05) is 69.2 Å². The zero-order chi connectivity index (χ0) is 38.8. The smallest absolute Gasteiger partial charge is 0.253 e. The Labute approximate surface area is 325 Å². The van der Waals surface area contributed by atoms with Crippen molar-refractivity contribution in [1.29, 1.82) is 0 Å². The molecule has 11 heteroatoms. The van der Waals surface area contributed by atoms with Crippen LogP contribution in [-0.2, 0) is 19.4 Å². The zero-order valence-electron chi connectivity index (χ0n) is 32.7. The summed E-state index contributed by atoms with van der Waals surface area (Å²) >= 11 is 0. The van der Waals surface area contributed by atoms with Crippen molar-refractivity contribution < 1.29 is 27.5 Å². The first-order valence-corrected chi connectivity index (χ1v) is 21.9. The summed E-state index contributed by atoms with van der Waals surface area (Å²) in [6.45, 7) is 5.27. The fourth-order valence-electron chi connectivity index (χ4n) is 10.4. The monoisotopic (exact) mass is 766 g/mol. The molecule has 1 aliphatic carbocycles. The Kier molecular flexibility index (Phi) is 9.54.